The number of hydrogen-bond donors (Lipinski definition) is 2. The lowest BCUT2D eigenvalue weighted by atomic mass is 10.1. The Bertz CT molecular complexity index is 729. The van der Waals surface area contributed by atoms with Crippen LogP contribution < -0.4 is 10.6 Å². The molecule has 0 aromatic heterocycles. The molecule has 0 amide bonds. The summed E-state index contributed by atoms with van der Waals surface area (Å²) in [7, 11) is -5.63. The second-order valence-corrected chi connectivity index (χ2v) is 14.3. The third-order valence-electron chi connectivity index (χ3n) is 5.40. The van der Waals surface area contributed by atoms with Crippen molar-refractivity contribution in [2.24, 2.45) is 0 Å². The summed E-state index contributed by atoms with van der Waals surface area (Å²) in [4.78, 5) is 25.9. The maximum atomic E-state index is 12.9. The van der Waals surface area contributed by atoms with E-state index in [9.17, 15) is 9.59 Å². The maximum Gasteiger partial charge on any atom is 0.500 e. The SMILES string of the molecule is CCO[Si](CCCNC1=C(Cl)C(=O)C(NCCC[Si](OCC)(OCC)OCC)=C(Cl)C1=O)(OCC)OCC. The van der Waals surface area contributed by atoms with Crippen LogP contribution in [0.2, 0.25) is 12.1 Å². The van der Waals surface area contributed by atoms with Crippen molar-refractivity contribution < 1.29 is 36.1 Å². The third kappa shape index (κ3) is 10.3. The molecule has 0 saturated heterocycles. The summed E-state index contributed by atoms with van der Waals surface area (Å²) in [6.07, 6.45) is 1.16. The van der Waals surface area contributed by atoms with E-state index >= 15 is 0 Å². The molecular formula is C24H44Cl2N2O8Si2. The molecule has 0 aromatic carbocycles. The monoisotopic (exact) mass is 614 g/mol. The van der Waals surface area contributed by atoms with Gasteiger partial charge in [-0.3, -0.25) is 9.59 Å². The van der Waals surface area contributed by atoms with Crippen LogP contribution in [0.3, 0.4) is 0 Å². The standard InChI is InChI=1S/C24H44Cl2N2O8Si2/c1-7-31-37(32-8-2,33-9-3)17-13-15-27-21-19(25)24(30)22(20(26)23(21)29)28-16-14-18-38(34-10-4,35-11-5)36-12-6/h27-28H,7-18H2,1-6H3. The molecule has 0 fully saturated rings. The molecule has 1 rings (SSSR count). The van der Waals surface area contributed by atoms with Gasteiger partial charge >= 0.3 is 17.6 Å². The van der Waals surface area contributed by atoms with E-state index in [0.717, 1.165) is 0 Å². The fourth-order valence-electron chi connectivity index (χ4n) is 4.00. The van der Waals surface area contributed by atoms with Gasteiger partial charge in [-0.1, -0.05) is 23.2 Å². The molecule has 1 aliphatic rings. The smallest absolute Gasteiger partial charge is 0.381 e. The van der Waals surface area contributed by atoms with E-state index in [1.54, 1.807) is 0 Å². The van der Waals surface area contributed by atoms with Gasteiger partial charge in [0.15, 0.2) is 0 Å². The van der Waals surface area contributed by atoms with Gasteiger partial charge in [0.2, 0.25) is 11.6 Å². The van der Waals surface area contributed by atoms with Crippen LogP contribution in [-0.2, 0) is 36.1 Å². The normalized spacial score (nSPS) is 15.1. The minimum atomic E-state index is -2.81. The largest absolute Gasteiger partial charge is 0.500 e. The van der Waals surface area contributed by atoms with E-state index in [2.05, 4.69) is 10.6 Å². The predicted octanol–water partition coefficient (Wildman–Crippen LogP) is 4.10. The van der Waals surface area contributed by atoms with E-state index in [1.165, 1.54) is 0 Å². The fraction of sp³-hybridized carbons (Fsp3) is 0.750. The Morgan fingerprint density at radius 3 is 1.05 bits per heavy atom. The molecule has 10 nitrogen and oxygen atoms in total. The van der Waals surface area contributed by atoms with Gasteiger partial charge in [0.05, 0.1) is 0 Å². The molecule has 0 spiro atoms. The first kappa shape index (κ1) is 35.2. The molecule has 38 heavy (non-hydrogen) atoms. The number of Topliss-reactive ketones (excluding diaryl/α,β-unsaturated/α-hetero) is 2. The summed E-state index contributed by atoms with van der Waals surface area (Å²) >= 11 is 12.6. The highest BCUT2D eigenvalue weighted by Crippen LogP contribution is 2.27. The number of carbonyl (C=O) groups excluding carboxylic acids is 2. The molecule has 0 aromatic rings. The topological polar surface area (TPSA) is 114 Å². The number of hydrogen-bond acceptors (Lipinski definition) is 10. The molecule has 0 radical (unpaired) electrons. The quantitative estimate of drug-likeness (QED) is 0.105. The van der Waals surface area contributed by atoms with Crippen LogP contribution in [0.5, 0.6) is 0 Å². The van der Waals surface area contributed by atoms with Crippen molar-refractivity contribution >= 4 is 52.4 Å². The second kappa shape index (κ2) is 18.5. The molecule has 220 valence electrons. The van der Waals surface area contributed by atoms with Gasteiger partial charge in [0.1, 0.15) is 21.5 Å². The Kier molecular flexibility index (Phi) is 17.2. The number of nitrogens with one attached hydrogen (secondary N) is 2. The van der Waals surface area contributed by atoms with Crippen molar-refractivity contribution in [3.63, 3.8) is 0 Å². The lowest BCUT2D eigenvalue weighted by Crippen LogP contribution is -2.46. The zero-order chi connectivity index (χ0) is 28.6. The Morgan fingerprint density at radius 1 is 0.553 bits per heavy atom. The minimum Gasteiger partial charge on any atom is -0.381 e. The highest BCUT2D eigenvalue weighted by Gasteiger charge is 2.41. The number of carbonyl (C=O) groups is 2. The molecule has 0 heterocycles. The lowest BCUT2D eigenvalue weighted by Gasteiger charge is -2.29. The average molecular weight is 616 g/mol. The van der Waals surface area contributed by atoms with Gasteiger partial charge in [-0.25, -0.2) is 0 Å². The summed E-state index contributed by atoms with van der Waals surface area (Å²) in [6.45, 7) is 14.9. The van der Waals surface area contributed by atoms with E-state index in [4.69, 9.17) is 49.8 Å². The Labute approximate surface area is 239 Å². The van der Waals surface area contributed by atoms with Crippen molar-refractivity contribution in [2.45, 2.75) is 66.5 Å². The Hall–Kier alpha value is -0.806. The van der Waals surface area contributed by atoms with Crippen molar-refractivity contribution in [1.82, 2.24) is 10.6 Å². The summed E-state index contributed by atoms with van der Waals surface area (Å²) in [6, 6.07) is 1.10. The predicted molar refractivity (Wildman–Crippen MR) is 152 cm³/mol. The first-order valence-corrected chi connectivity index (χ1v) is 18.0. The van der Waals surface area contributed by atoms with Crippen LogP contribution in [0.1, 0.15) is 54.4 Å². The van der Waals surface area contributed by atoms with E-state index < -0.39 is 29.2 Å². The molecule has 0 atom stereocenters. The van der Waals surface area contributed by atoms with Crippen molar-refractivity contribution in [3.8, 4) is 0 Å². The van der Waals surface area contributed by atoms with E-state index in [-0.39, 0.29) is 21.5 Å². The van der Waals surface area contributed by atoms with Crippen molar-refractivity contribution in [3.05, 3.63) is 21.5 Å². The molecule has 0 aliphatic heterocycles. The molecule has 0 unspecified atom stereocenters. The highest BCUT2D eigenvalue weighted by atomic mass is 35.5. The Morgan fingerprint density at radius 2 is 0.816 bits per heavy atom. The van der Waals surface area contributed by atoms with Gasteiger partial charge in [-0.15, -0.1) is 0 Å². The number of halogens is 2. The van der Waals surface area contributed by atoms with Gasteiger partial charge in [-0.05, 0) is 54.4 Å². The van der Waals surface area contributed by atoms with Crippen LogP contribution >= 0.6 is 23.2 Å². The van der Waals surface area contributed by atoms with Gasteiger partial charge in [0, 0.05) is 64.8 Å². The Balaban J connectivity index is 2.76. The summed E-state index contributed by atoms with van der Waals surface area (Å²) in [5.41, 5.74) is -0.0293. The number of allylic oxidation sites excluding steroid dienone is 2. The second-order valence-electron chi connectivity index (χ2n) is 8.06. The zero-order valence-corrected chi connectivity index (χ0v) is 27.0. The lowest BCUT2D eigenvalue weighted by molar-refractivity contribution is -0.116. The average Bonchev–Trinajstić information content (AvgIpc) is 2.87. The first-order chi connectivity index (χ1) is 18.2. The summed E-state index contributed by atoms with van der Waals surface area (Å²) < 4.78 is 35.1. The molecule has 0 saturated carbocycles. The van der Waals surface area contributed by atoms with Gasteiger partial charge in [0.25, 0.3) is 0 Å². The van der Waals surface area contributed by atoms with Gasteiger partial charge in [-0.2, -0.15) is 0 Å². The highest BCUT2D eigenvalue weighted by molar-refractivity contribution is 6.61. The van der Waals surface area contributed by atoms with E-state index in [0.29, 0.717) is 77.7 Å². The van der Waals surface area contributed by atoms with Crippen molar-refractivity contribution in [1.29, 1.82) is 0 Å². The fourth-order valence-corrected chi connectivity index (χ4v) is 9.72. The molecule has 0 bridgehead atoms. The van der Waals surface area contributed by atoms with Crippen LogP contribution in [0, 0.1) is 0 Å². The third-order valence-corrected chi connectivity index (χ3v) is 12.4. The van der Waals surface area contributed by atoms with Crippen LogP contribution in [0.15, 0.2) is 21.5 Å². The van der Waals surface area contributed by atoms with Crippen molar-refractivity contribution in [2.75, 3.05) is 52.7 Å². The maximum absolute atomic E-state index is 12.9. The van der Waals surface area contributed by atoms with Crippen LogP contribution in [0.4, 0.5) is 0 Å². The first-order valence-electron chi connectivity index (χ1n) is 13.4. The molecular weight excluding hydrogens is 571 g/mol. The van der Waals surface area contributed by atoms with Crippen LogP contribution in [-0.4, -0.2) is 81.9 Å². The number of ketones is 2. The summed E-state index contributed by atoms with van der Waals surface area (Å²) in [5.74, 6) is -1.08. The molecule has 14 heteroatoms. The molecule has 2 N–H and O–H groups in total. The van der Waals surface area contributed by atoms with Gasteiger partial charge < -0.3 is 37.2 Å². The molecule has 1 aliphatic carbocycles. The van der Waals surface area contributed by atoms with E-state index in [1.807, 2.05) is 41.5 Å². The zero-order valence-electron chi connectivity index (χ0n) is 23.5. The minimum absolute atomic E-state index is 0.0147. The summed E-state index contributed by atoms with van der Waals surface area (Å²) in [5, 5.41) is 5.54. The van der Waals surface area contributed by atoms with Crippen LogP contribution in [0.25, 0.3) is 0 Å². The number of rotatable bonds is 22.